The van der Waals surface area contributed by atoms with Gasteiger partial charge < -0.3 is 10.6 Å². The summed E-state index contributed by atoms with van der Waals surface area (Å²) in [5.74, 6) is 0.183. The Labute approximate surface area is 102 Å². The van der Waals surface area contributed by atoms with E-state index in [4.69, 9.17) is 0 Å². The zero-order chi connectivity index (χ0) is 11.9. The number of amides is 1. The second-order valence-corrected chi connectivity index (χ2v) is 4.88. The highest BCUT2D eigenvalue weighted by Crippen LogP contribution is 2.43. The zero-order valence-corrected chi connectivity index (χ0v) is 10.0. The van der Waals surface area contributed by atoms with Crippen molar-refractivity contribution in [2.45, 2.75) is 25.1 Å². The SMILES string of the molecule is C[B]c1ccc2c(c1)C1(CCNCC1)C(=O)N2. The van der Waals surface area contributed by atoms with Gasteiger partial charge in [-0.05, 0) is 37.6 Å². The Bertz CT molecular complexity index is 466. The van der Waals surface area contributed by atoms with Gasteiger partial charge in [0.25, 0.3) is 0 Å². The number of anilines is 1. The number of hydrogen-bond acceptors (Lipinski definition) is 2. The van der Waals surface area contributed by atoms with Gasteiger partial charge in [0, 0.05) is 5.69 Å². The quantitative estimate of drug-likeness (QED) is 0.691. The Kier molecular flexibility index (Phi) is 2.47. The number of piperidine rings is 1. The lowest BCUT2D eigenvalue weighted by Crippen LogP contribution is -2.44. The molecule has 2 aliphatic rings. The molecule has 1 radical (unpaired) electrons. The molecule has 0 atom stereocenters. The van der Waals surface area contributed by atoms with Crippen molar-refractivity contribution in [3.05, 3.63) is 23.8 Å². The Morgan fingerprint density at radius 3 is 2.76 bits per heavy atom. The summed E-state index contributed by atoms with van der Waals surface area (Å²) in [7, 11) is 2.08. The molecule has 87 valence electrons. The second kappa shape index (κ2) is 3.88. The van der Waals surface area contributed by atoms with Crippen molar-refractivity contribution in [2.75, 3.05) is 18.4 Å². The number of carbonyl (C=O) groups is 1. The van der Waals surface area contributed by atoms with E-state index < -0.39 is 0 Å². The van der Waals surface area contributed by atoms with Crippen LogP contribution in [0, 0.1) is 0 Å². The molecule has 3 rings (SSSR count). The molecule has 0 bridgehead atoms. The molecule has 2 aliphatic heterocycles. The summed E-state index contributed by atoms with van der Waals surface area (Å²) in [5, 5.41) is 6.36. The third-order valence-electron chi connectivity index (χ3n) is 4.03. The summed E-state index contributed by atoms with van der Waals surface area (Å²) in [6, 6.07) is 6.25. The van der Waals surface area contributed by atoms with Crippen LogP contribution in [-0.4, -0.2) is 26.3 Å². The third kappa shape index (κ3) is 1.51. The normalized spacial score (nSPS) is 21.1. The molecule has 0 aliphatic carbocycles. The molecule has 0 saturated carbocycles. The van der Waals surface area contributed by atoms with Crippen LogP contribution < -0.4 is 16.1 Å². The van der Waals surface area contributed by atoms with Crippen molar-refractivity contribution in [2.24, 2.45) is 0 Å². The van der Waals surface area contributed by atoms with Gasteiger partial charge in [0.2, 0.25) is 5.91 Å². The van der Waals surface area contributed by atoms with Crippen LogP contribution in [0.4, 0.5) is 5.69 Å². The molecule has 17 heavy (non-hydrogen) atoms. The number of carbonyl (C=O) groups excluding carboxylic acids is 1. The smallest absolute Gasteiger partial charge is 0.235 e. The molecular formula is C13H16BN2O. The summed E-state index contributed by atoms with van der Waals surface area (Å²) in [6.07, 6.45) is 1.80. The van der Waals surface area contributed by atoms with E-state index in [0.717, 1.165) is 31.6 Å². The number of rotatable bonds is 1. The first-order valence-corrected chi connectivity index (χ1v) is 6.22. The minimum atomic E-state index is -0.278. The van der Waals surface area contributed by atoms with Gasteiger partial charge in [-0.3, -0.25) is 4.79 Å². The lowest BCUT2D eigenvalue weighted by molar-refractivity contribution is -0.121. The molecule has 2 N–H and O–H groups in total. The standard InChI is InChI=1S/C13H16BN2O/c1-14-9-2-3-11-10(8-9)13(12(17)16-11)4-6-15-7-5-13/h2-3,8,15H,4-7H2,1H3,(H,16,17). The maximum Gasteiger partial charge on any atom is 0.235 e. The minimum Gasteiger partial charge on any atom is -0.325 e. The summed E-state index contributed by atoms with van der Waals surface area (Å²) < 4.78 is 0. The van der Waals surface area contributed by atoms with Crippen LogP contribution in [0.15, 0.2) is 18.2 Å². The van der Waals surface area contributed by atoms with Gasteiger partial charge >= 0.3 is 0 Å². The summed E-state index contributed by atoms with van der Waals surface area (Å²) >= 11 is 0. The number of nitrogens with one attached hydrogen (secondary N) is 2. The van der Waals surface area contributed by atoms with Crippen molar-refractivity contribution in [1.82, 2.24) is 5.32 Å². The molecule has 2 heterocycles. The average Bonchev–Trinajstić information content (AvgIpc) is 2.63. The molecule has 1 aromatic rings. The van der Waals surface area contributed by atoms with Crippen LogP contribution in [-0.2, 0) is 10.2 Å². The van der Waals surface area contributed by atoms with Gasteiger partial charge in [0.05, 0.1) is 5.41 Å². The van der Waals surface area contributed by atoms with Gasteiger partial charge in [-0.25, -0.2) is 0 Å². The van der Waals surface area contributed by atoms with Crippen molar-refractivity contribution < 1.29 is 4.79 Å². The van der Waals surface area contributed by atoms with E-state index in [1.165, 1.54) is 11.0 Å². The molecule has 1 aromatic carbocycles. The predicted octanol–water partition coefficient (Wildman–Crippen LogP) is 0.637. The fraction of sp³-hybridized carbons (Fsp3) is 0.462. The minimum absolute atomic E-state index is 0.183. The maximum absolute atomic E-state index is 12.3. The van der Waals surface area contributed by atoms with Crippen LogP contribution in [0.3, 0.4) is 0 Å². The Morgan fingerprint density at radius 2 is 2.06 bits per heavy atom. The molecule has 1 amide bonds. The van der Waals surface area contributed by atoms with Gasteiger partial charge in [-0.2, -0.15) is 0 Å². The average molecular weight is 227 g/mol. The molecular weight excluding hydrogens is 211 g/mol. The van der Waals surface area contributed by atoms with Gasteiger partial charge in [0.15, 0.2) is 0 Å². The van der Waals surface area contributed by atoms with Crippen molar-refractivity contribution >= 4 is 24.3 Å². The van der Waals surface area contributed by atoms with Gasteiger partial charge in [-0.1, -0.05) is 24.4 Å². The molecule has 0 aromatic heterocycles. The van der Waals surface area contributed by atoms with E-state index in [1.807, 2.05) is 12.9 Å². The molecule has 4 heteroatoms. The van der Waals surface area contributed by atoms with Crippen molar-refractivity contribution in [3.8, 4) is 0 Å². The highest BCUT2D eigenvalue weighted by Gasteiger charge is 2.46. The fourth-order valence-corrected chi connectivity index (χ4v) is 2.96. The van der Waals surface area contributed by atoms with Crippen molar-refractivity contribution in [3.63, 3.8) is 0 Å². The monoisotopic (exact) mass is 227 g/mol. The second-order valence-electron chi connectivity index (χ2n) is 4.88. The van der Waals surface area contributed by atoms with E-state index >= 15 is 0 Å². The van der Waals surface area contributed by atoms with E-state index in [2.05, 4.69) is 30.0 Å². The zero-order valence-electron chi connectivity index (χ0n) is 10.0. The first-order valence-electron chi connectivity index (χ1n) is 6.22. The third-order valence-corrected chi connectivity index (χ3v) is 4.03. The molecule has 1 saturated heterocycles. The van der Waals surface area contributed by atoms with Gasteiger partial charge in [-0.15, -0.1) is 0 Å². The predicted molar refractivity (Wildman–Crippen MR) is 70.1 cm³/mol. The topological polar surface area (TPSA) is 41.1 Å². The maximum atomic E-state index is 12.3. The van der Waals surface area contributed by atoms with Crippen LogP contribution in [0.2, 0.25) is 6.82 Å². The van der Waals surface area contributed by atoms with E-state index in [0.29, 0.717) is 0 Å². The first kappa shape index (κ1) is 10.8. The highest BCUT2D eigenvalue weighted by molar-refractivity contribution is 6.52. The van der Waals surface area contributed by atoms with Crippen LogP contribution in [0.1, 0.15) is 18.4 Å². The van der Waals surface area contributed by atoms with Gasteiger partial charge in [0.1, 0.15) is 7.28 Å². The van der Waals surface area contributed by atoms with E-state index in [-0.39, 0.29) is 11.3 Å². The highest BCUT2D eigenvalue weighted by atomic mass is 16.2. The lowest BCUT2D eigenvalue weighted by Gasteiger charge is -2.32. The van der Waals surface area contributed by atoms with E-state index in [1.54, 1.807) is 0 Å². The lowest BCUT2D eigenvalue weighted by atomic mass is 9.68. The Hall–Kier alpha value is -1.29. The van der Waals surface area contributed by atoms with Crippen molar-refractivity contribution in [1.29, 1.82) is 0 Å². The summed E-state index contributed by atoms with van der Waals surface area (Å²) in [5.41, 5.74) is 3.11. The van der Waals surface area contributed by atoms with Crippen LogP contribution >= 0.6 is 0 Å². The van der Waals surface area contributed by atoms with E-state index in [9.17, 15) is 4.79 Å². The molecule has 3 nitrogen and oxygen atoms in total. The molecule has 0 unspecified atom stereocenters. The Morgan fingerprint density at radius 1 is 1.29 bits per heavy atom. The largest absolute Gasteiger partial charge is 0.325 e. The number of hydrogen-bond donors (Lipinski definition) is 2. The Balaban J connectivity index is 2.10. The molecule has 1 spiro atoms. The molecule has 1 fully saturated rings. The van der Waals surface area contributed by atoms with Crippen LogP contribution in [0.5, 0.6) is 0 Å². The fourth-order valence-electron chi connectivity index (χ4n) is 2.96. The summed E-state index contributed by atoms with van der Waals surface area (Å²) in [6.45, 7) is 3.88. The van der Waals surface area contributed by atoms with Crippen LogP contribution in [0.25, 0.3) is 0 Å². The summed E-state index contributed by atoms with van der Waals surface area (Å²) in [4.78, 5) is 12.3. The number of benzene rings is 1. The number of fused-ring (bicyclic) bond motifs is 2. The first-order chi connectivity index (χ1) is 8.26.